The number of amides is 3. The number of thioether (sulfide) groups is 1. The molecule has 0 unspecified atom stereocenters. The second-order valence-corrected chi connectivity index (χ2v) is 7.46. The van der Waals surface area contributed by atoms with E-state index in [1.807, 2.05) is 6.07 Å². The summed E-state index contributed by atoms with van der Waals surface area (Å²) in [6.07, 6.45) is 6.80. The topological polar surface area (TPSA) is 97.2 Å². The third-order valence-corrected chi connectivity index (χ3v) is 5.33. The van der Waals surface area contributed by atoms with Crippen LogP contribution in [0, 0.1) is 11.8 Å². The maximum Gasteiger partial charge on any atom is 0.288 e. The highest BCUT2D eigenvalue weighted by Crippen LogP contribution is 2.18. The van der Waals surface area contributed by atoms with Crippen LogP contribution in [0.2, 0.25) is 0 Å². The Morgan fingerprint density at radius 3 is 2.77 bits per heavy atom. The highest BCUT2D eigenvalue weighted by molar-refractivity contribution is 8.14. The number of imide groups is 1. The lowest BCUT2D eigenvalue weighted by atomic mass is 10.1. The summed E-state index contributed by atoms with van der Waals surface area (Å²) < 4.78 is 1.68. The molecule has 1 aliphatic rings. The van der Waals surface area contributed by atoms with Crippen LogP contribution in [-0.4, -0.2) is 55.6 Å². The second-order valence-electron chi connectivity index (χ2n) is 6.53. The molecule has 3 heterocycles. The Kier molecular flexibility index (Phi) is 6.10. The maximum atomic E-state index is 12.6. The normalized spacial score (nSPS) is 13.1. The molecule has 0 saturated carbocycles. The molecule has 4 rings (SSSR count). The van der Waals surface area contributed by atoms with Crippen LogP contribution in [-0.2, 0) is 4.79 Å². The van der Waals surface area contributed by atoms with Gasteiger partial charge < -0.3 is 5.32 Å². The zero-order valence-corrected chi connectivity index (χ0v) is 17.1. The Labute approximate surface area is 182 Å². The van der Waals surface area contributed by atoms with Crippen LogP contribution in [0.15, 0.2) is 61.2 Å². The minimum absolute atomic E-state index is 0.148. The molecule has 1 fully saturated rings. The molecule has 31 heavy (non-hydrogen) atoms. The number of hydrogen-bond acceptors (Lipinski definition) is 6. The molecule has 3 amide bonds. The standard InChI is InChI=1S/C22H17N5O3S/c28-20-15-31-22(30)26(20)12-10-24-21(29)18-6-7-19(27-11-2-9-25-27)17(13-18)5-4-16-3-1-8-23-14-16/h1-3,6-9,11,13-14H,10,12,15H2,(H,24,29). The Morgan fingerprint density at radius 2 is 2.06 bits per heavy atom. The van der Waals surface area contributed by atoms with Crippen molar-refractivity contribution in [1.29, 1.82) is 0 Å². The van der Waals surface area contributed by atoms with Crippen LogP contribution >= 0.6 is 11.8 Å². The van der Waals surface area contributed by atoms with Crippen molar-refractivity contribution in [1.82, 2.24) is 25.0 Å². The fraction of sp³-hybridized carbons (Fsp3) is 0.136. The van der Waals surface area contributed by atoms with Crippen molar-refractivity contribution >= 4 is 28.8 Å². The second kappa shape index (κ2) is 9.28. The maximum absolute atomic E-state index is 12.6. The number of carbonyl (C=O) groups is 3. The van der Waals surface area contributed by atoms with E-state index in [0.717, 1.165) is 27.9 Å². The summed E-state index contributed by atoms with van der Waals surface area (Å²) in [6, 6.07) is 10.6. The highest BCUT2D eigenvalue weighted by Gasteiger charge is 2.29. The Morgan fingerprint density at radius 1 is 1.16 bits per heavy atom. The van der Waals surface area contributed by atoms with Crippen LogP contribution < -0.4 is 5.32 Å². The lowest BCUT2D eigenvalue weighted by Gasteiger charge is -2.13. The number of nitrogens with zero attached hydrogens (tertiary/aromatic N) is 4. The van der Waals surface area contributed by atoms with E-state index in [9.17, 15) is 14.4 Å². The lowest BCUT2D eigenvalue weighted by molar-refractivity contribution is -0.124. The van der Waals surface area contributed by atoms with Crippen molar-refractivity contribution < 1.29 is 14.4 Å². The van der Waals surface area contributed by atoms with Crippen LogP contribution in [0.3, 0.4) is 0 Å². The van der Waals surface area contributed by atoms with Crippen molar-refractivity contribution in [3.8, 4) is 17.5 Å². The molecule has 0 spiro atoms. The van der Waals surface area contributed by atoms with E-state index in [0.29, 0.717) is 11.1 Å². The minimum Gasteiger partial charge on any atom is -0.350 e. The van der Waals surface area contributed by atoms with Crippen molar-refractivity contribution in [2.75, 3.05) is 18.8 Å². The summed E-state index contributed by atoms with van der Waals surface area (Å²) in [5, 5.41) is 6.71. The number of hydrogen-bond donors (Lipinski definition) is 1. The van der Waals surface area contributed by atoms with E-state index in [1.54, 1.807) is 59.8 Å². The Balaban J connectivity index is 1.53. The molecule has 0 bridgehead atoms. The number of benzene rings is 1. The molecule has 1 aliphatic heterocycles. The molecule has 1 N–H and O–H groups in total. The fourth-order valence-electron chi connectivity index (χ4n) is 2.95. The van der Waals surface area contributed by atoms with Crippen LogP contribution in [0.5, 0.6) is 0 Å². The summed E-state index contributed by atoms with van der Waals surface area (Å²) in [7, 11) is 0. The predicted molar refractivity (Wildman–Crippen MR) is 116 cm³/mol. The van der Waals surface area contributed by atoms with Gasteiger partial charge >= 0.3 is 0 Å². The largest absolute Gasteiger partial charge is 0.350 e. The molecule has 0 aliphatic carbocycles. The minimum atomic E-state index is -0.316. The lowest BCUT2D eigenvalue weighted by Crippen LogP contribution is -2.37. The number of carbonyl (C=O) groups excluding carboxylic acids is 3. The summed E-state index contributed by atoms with van der Waals surface area (Å²) in [6.45, 7) is 0.323. The smallest absolute Gasteiger partial charge is 0.288 e. The summed E-state index contributed by atoms with van der Waals surface area (Å²) in [4.78, 5) is 41.1. The van der Waals surface area contributed by atoms with E-state index in [1.165, 1.54) is 0 Å². The first-order chi connectivity index (χ1) is 15.1. The van der Waals surface area contributed by atoms with Gasteiger partial charge in [0.25, 0.3) is 11.1 Å². The Bertz CT molecular complexity index is 1170. The number of pyridine rings is 1. The van der Waals surface area contributed by atoms with E-state index < -0.39 is 0 Å². The molecule has 8 nitrogen and oxygen atoms in total. The number of nitrogens with one attached hydrogen (secondary N) is 1. The fourth-order valence-corrected chi connectivity index (χ4v) is 3.70. The summed E-state index contributed by atoms with van der Waals surface area (Å²) >= 11 is 0.971. The van der Waals surface area contributed by atoms with Gasteiger partial charge in [-0.3, -0.25) is 24.3 Å². The Hall–Kier alpha value is -3.90. The van der Waals surface area contributed by atoms with Gasteiger partial charge in [0.15, 0.2) is 0 Å². The molecule has 1 saturated heterocycles. The van der Waals surface area contributed by atoms with Gasteiger partial charge in [-0.15, -0.1) is 0 Å². The van der Waals surface area contributed by atoms with Gasteiger partial charge in [-0.2, -0.15) is 5.10 Å². The first-order valence-corrected chi connectivity index (χ1v) is 10.4. The van der Waals surface area contributed by atoms with Gasteiger partial charge in [0.1, 0.15) is 0 Å². The number of rotatable bonds is 5. The monoisotopic (exact) mass is 431 g/mol. The molecule has 0 radical (unpaired) electrons. The first kappa shape index (κ1) is 20.4. The van der Waals surface area contributed by atoms with Gasteiger partial charge in [-0.1, -0.05) is 23.6 Å². The van der Waals surface area contributed by atoms with E-state index in [2.05, 4.69) is 27.2 Å². The molecule has 2 aromatic heterocycles. The zero-order chi connectivity index (χ0) is 21.6. The summed E-state index contributed by atoms with van der Waals surface area (Å²) in [5.41, 5.74) is 2.53. The van der Waals surface area contributed by atoms with E-state index in [4.69, 9.17) is 0 Å². The van der Waals surface area contributed by atoms with Gasteiger partial charge in [-0.05, 0) is 36.4 Å². The third kappa shape index (κ3) is 4.82. The zero-order valence-electron chi connectivity index (χ0n) is 16.3. The van der Waals surface area contributed by atoms with E-state index in [-0.39, 0.29) is 35.9 Å². The molecule has 0 atom stereocenters. The van der Waals surface area contributed by atoms with Gasteiger partial charge in [-0.25, -0.2) is 4.68 Å². The summed E-state index contributed by atoms with van der Waals surface area (Å²) in [5.74, 6) is 5.75. The van der Waals surface area contributed by atoms with Crippen molar-refractivity contribution in [2.24, 2.45) is 0 Å². The van der Waals surface area contributed by atoms with Gasteiger partial charge in [0.2, 0.25) is 5.91 Å². The van der Waals surface area contributed by atoms with E-state index >= 15 is 0 Å². The van der Waals surface area contributed by atoms with Crippen molar-refractivity contribution in [3.05, 3.63) is 77.9 Å². The molecule has 9 heteroatoms. The van der Waals surface area contributed by atoms with Crippen LogP contribution in [0.25, 0.3) is 5.69 Å². The molecular formula is C22H17N5O3S. The van der Waals surface area contributed by atoms with Gasteiger partial charge in [0.05, 0.1) is 17.0 Å². The average Bonchev–Trinajstić information content (AvgIpc) is 3.44. The molecule has 154 valence electrons. The predicted octanol–water partition coefficient (Wildman–Crippen LogP) is 2.09. The highest BCUT2D eigenvalue weighted by atomic mass is 32.2. The third-order valence-electron chi connectivity index (χ3n) is 4.47. The first-order valence-electron chi connectivity index (χ1n) is 9.43. The molecular weight excluding hydrogens is 414 g/mol. The molecule has 3 aromatic rings. The van der Waals surface area contributed by atoms with Crippen LogP contribution in [0.1, 0.15) is 21.5 Å². The number of aromatic nitrogens is 3. The van der Waals surface area contributed by atoms with Crippen molar-refractivity contribution in [3.63, 3.8) is 0 Å². The molecule has 1 aromatic carbocycles. The van der Waals surface area contributed by atoms with Gasteiger partial charge in [0, 0.05) is 49.0 Å². The van der Waals surface area contributed by atoms with Crippen LogP contribution in [0.4, 0.5) is 4.79 Å². The quantitative estimate of drug-likeness (QED) is 0.622. The van der Waals surface area contributed by atoms with Crippen molar-refractivity contribution in [2.45, 2.75) is 0 Å². The SMILES string of the molecule is O=C(NCCN1C(=O)CSC1=O)c1ccc(-n2cccn2)c(C#Cc2cccnc2)c1. The average molecular weight is 431 g/mol.